The van der Waals surface area contributed by atoms with Crippen molar-refractivity contribution >= 4 is 17.9 Å². The molecule has 0 aromatic heterocycles. The lowest BCUT2D eigenvalue weighted by Gasteiger charge is -2.18. The van der Waals surface area contributed by atoms with Gasteiger partial charge in [0, 0.05) is 19.3 Å². The summed E-state index contributed by atoms with van der Waals surface area (Å²) in [6.07, 6.45) is 44.0. The van der Waals surface area contributed by atoms with Gasteiger partial charge in [0.25, 0.3) is 0 Å². The van der Waals surface area contributed by atoms with Crippen molar-refractivity contribution in [1.82, 2.24) is 0 Å². The second-order valence-electron chi connectivity index (χ2n) is 16.0. The van der Waals surface area contributed by atoms with Crippen LogP contribution in [-0.2, 0) is 28.6 Å². The molecular weight excluding hydrogens is 661 g/mol. The Labute approximate surface area is 329 Å². The number of hydrogen-bond donors (Lipinski definition) is 0. The van der Waals surface area contributed by atoms with Crippen LogP contribution in [0.4, 0.5) is 0 Å². The molecule has 0 aromatic rings. The molecule has 0 aliphatic carbocycles. The summed E-state index contributed by atoms with van der Waals surface area (Å²) in [5, 5.41) is 0. The average molecular weight is 751 g/mol. The predicted molar refractivity (Wildman–Crippen MR) is 224 cm³/mol. The first-order valence-electron chi connectivity index (χ1n) is 23.5. The summed E-state index contributed by atoms with van der Waals surface area (Å²) in [5.74, 6) is -0.863. The van der Waals surface area contributed by atoms with E-state index in [2.05, 4.69) is 20.8 Å². The molecule has 314 valence electrons. The first kappa shape index (κ1) is 51.4. The molecule has 1 unspecified atom stereocenters. The molecule has 0 bridgehead atoms. The maximum Gasteiger partial charge on any atom is 0.306 e. The summed E-state index contributed by atoms with van der Waals surface area (Å²) in [6.45, 7) is 6.58. The Balaban J connectivity index is 4.15. The zero-order valence-corrected chi connectivity index (χ0v) is 35.8. The maximum absolute atomic E-state index is 12.7. The van der Waals surface area contributed by atoms with Crippen LogP contribution in [-0.4, -0.2) is 37.2 Å². The zero-order chi connectivity index (χ0) is 38.7. The van der Waals surface area contributed by atoms with Gasteiger partial charge in [0.05, 0.1) is 0 Å². The van der Waals surface area contributed by atoms with Crippen molar-refractivity contribution < 1.29 is 28.6 Å². The van der Waals surface area contributed by atoms with Crippen molar-refractivity contribution in [3.8, 4) is 0 Å². The zero-order valence-electron chi connectivity index (χ0n) is 35.8. The van der Waals surface area contributed by atoms with Crippen LogP contribution in [0.1, 0.15) is 265 Å². The van der Waals surface area contributed by atoms with Gasteiger partial charge in [-0.2, -0.15) is 0 Å². The second kappa shape index (κ2) is 43.1. The van der Waals surface area contributed by atoms with Crippen molar-refractivity contribution in [3.05, 3.63) is 0 Å². The molecule has 0 aromatic carbocycles. The molecule has 6 heteroatoms. The van der Waals surface area contributed by atoms with Crippen LogP contribution in [0.2, 0.25) is 0 Å². The normalized spacial score (nSPS) is 11.8. The lowest BCUT2D eigenvalue weighted by molar-refractivity contribution is -0.167. The quantitative estimate of drug-likeness (QED) is 0.0351. The Hall–Kier alpha value is -1.59. The molecule has 53 heavy (non-hydrogen) atoms. The van der Waals surface area contributed by atoms with E-state index in [1.807, 2.05) is 0 Å². The summed E-state index contributed by atoms with van der Waals surface area (Å²) in [6, 6.07) is 0. The van der Waals surface area contributed by atoms with Crippen molar-refractivity contribution in [2.75, 3.05) is 13.2 Å². The second-order valence-corrected chi connectivity index (χ2v) is 16.0. The fourth-order valence-corrected chi connectivity index (χ4v) is 7.03. The van der Waals surface area contributed by atoms with Gasteiger partial charge in [0.1, 0.15) is 13.2 Å². The molecule has 0 fully saturated rings. The Morgan fingerprint density at radius 3 is 0.755 bits per heavy atom. The molecule has 0 heterocycles. The first-order valence-corrected chi connectivity index (χ1v) is 23.5. The first-order chi connectivity index (χ1) is 26.0. The van der Waals surface area contributed by atoms with Gasteiger partial charge in [0.2, 0.25) is 0 Å². The third-order valence-corrected chi connectivity index (χ3v) is 10.6. The number of hydrogen-bond acceptors (Lipinski definition) is 6. The minimum Gasteiger partial charge on any atom is -0.462 e. The molecule has 0 radical (unpaired) electrons. The number of rotatable bonds is 43. The molecule has 0 saturated heterocycles. The summed E-state index contributed by atoms with van der Waals surface area (Å²) < 4.78 is 16.6. The van der Waals surface area contributed by atoms with Gasteiger partial charge in [-0.15, -0.1) is 0 Å². The molecule has 0 aliphatic rings. The van der Waals surface area contributed by atoms with Crippen LogP contribution in [0.3, 0.4) is 0 Å². The highest BCUT2D eigenvalue weighted by Gasteiger charge is 2.19. The molecule has 1 atom stereocenters. The Kier molecular flexibility index (Phi) is 41.8. The van der Waals surface area contributed by atoms with Gasteiger partial charge >= 0.3 is 17.9 Å². The highest BCUT2D eigenvalue weighted by atomic mass is 16.6. The molecule has 6 nitrogen and oxygen atoms in total. The van der Waals surface area contributed by atoms with Crippen molar-refractivity contribution in [3.63, 3.8) is 0 Å². The molecular formula is C47H90O6. The topological polar surface area (TPSA) is 78.9 Å². The van der Waals surface area contributed by atoms with Crippen molar-refractivity contribution in [1.29, 1.82) is 0 Å². The Bertz CT molecular complexity index is 783. The summed E-state index contributed by atoms with van der Waals surface area (Å²) in [7, 11) is 0. The van der Waals surface area contributed by atoms with E-state index >= 15 is 0 Å². The van der Waals surface area contributed by atoms with Gasteiger partial charge in [-0.1, -0.05) is 226 Å². The molecule has 0 rings (SSSR count). The fraction of sp³-hybridized carbons (Fsp3) is 0.936. The lowest BCUT2D eigenvalue weighted by Crippen LogP contribution is -2.30. The van der Waals surface area contributed by atoms with Crippen molar-refractivity contribution in [2.24, 2.45) is 0 Å². The van der Waals surface area contributed by atoms with Crippen LogP contribution < -0.4 is 0 Å². The van der Waals surface area contributed by atoms with Crippen LogP contribution >= 0.6 is 0 Å². The van der Waals surface area contributed by atoms with E-state index in [4.69, 9.17) is 14.2 Å². The van der Waals surface area contributed by atoms with E-state index in [1.54, 1.807) is 0 Å². The predicted octanol–water partition coefficient (Wildman–Crippen LogP) is 14.9. The SMILES string of the molecule is CCCCCCCCCCCCCCCCCCC(=O)OCC(COC(=O)CCCCCCC)OC(=O)CCCCCCCCCCCCCCCC. The summed E-state index contributed by atoms with van der Waals surface area (Å²) in [4.78, 5) is 37.5. The number of carbonyl (C=O) groups excluding carboxylic acids is 3. The van der Waals surface area contributed by atoms with Gasteiger partial charge in [-0.3, -0.25) is 14.4 Å². The summed E-state index contributed by atoms with van der Waals surface area (Å²) in [5.41, 5.74) is 0. The molecule has 0 spiro atoms. The van der Waals surface area contributed by atoms with Crippen LogP contribution in [0.5, 0.6) is 0 Å². The van der Waals surface area contributed by atoms with E-state index in [0.717, 1.165) is 64.2 Å². The number of ether oxygens (including phenoxy) is 3. The van der Waals surface area contributed by atoms with Crippen LogP contribution in [0, 0.1) is 0 Å². The van der Waals surface area contributed by atoms with Gasteiger partial charge in [0.15, 0.2) is 6.10 Å². The highest BCUT2D eigenvalue weighted by molar-refractivity contribution is 5.71. The maximum atomic E-state index is 12.7. The Morgan fingerprint density at radius 1 is 0.302 bits per heavy atom. The van der Waals surface area contributed by atoms with Crippen LogP contribution in [0.15, 0.2) is 0 Å². The monoisotopic (exact) mass is 751 g/mol. The van der Waals surface area contributed by atoms with Gasteiger partial charge in [-0.05, 0) is 19.3 Å². The highest BCUT2D eigenvalue weighted by Crippen LogP contribution is 2.16. The Morgan fingerprint density at radius 2 is 0.509 bits per heavy atom. The number of esters is 3. The van der Waals surface area contributed by atoms with E-state index in [9.17, 15) is 14.4 Å². The third kappa shape index (κ3) is 41.4. The molecule has 0 N–H and O–H groups in total. The molecule has 0 aliphatic heterocycles. The van der Waals surface area contributed by atoms with Gasteiger partial charge in [-0.25, -0.2) is 0 Å². The third-order valence-electron chi connectivity index (χ3n) is 10.6. The number of unbranched alkanes of at least 4 members (excludes halogenated alkanes) is 32. The largest absolute Gasteiger partial charge is 0.462 e. The molecule has 0 amide bonds. The van der Waals surface area contributed by atoms with Gasteiger partial charge < -0.3 is 14.2 Å². The fourth-order valence-electron chi connectivity index (χ4n) is 7.03. The lowest BCUT2D eigenvalue weighted by atomic mass is 10.0. The van der Waals surface area contributed by atoms with E-state index in [0.29, 0.717) is 19.3 Å². The van der Waals surface area contributed by atoms with Crippen molar-refractivity contribution in [2.45, 2.75) is 271 Å². The smallest absolute Gasteiger partial charge is 0.306 e. The minimum absolute atomic E-state index is 0.0635. The van der Waals surface area contributed by atoms with E-state index in [1.165, 1.54) is 161 Å². The standard InChI is InChI=1S/C47H90O6/c1-4-7-10-13-15-17-19-21-23-24-26-27-29-31-34-37-40-46(49)52-43-44(42-51-45(48)39-36-33-12-9-6-3)53-47(50)41-38-35-32-30-28-25-22-20-18-16-14-11-8-5-2/h44H,4-43H2,1-3H3. The molecule has 0 saturated carbocycles. The number of carbonyl (C=O) groups is 3. The summed E-state index contributed by atoms with van der Waals surface area (Å²) >= 11 is 0. The van der Waals surface area contributed by atoms with E-state index in [-0.39, 0.29) is 31.1 Å². The van der Waals surface area contributed by atoms with Crippen LogP contribution in [0.25, 0.3) is 0 Å². The average Bonchev–Trinajstić information content (AvgIpc) is 3.15. The van der Waals surface area contributed by atoms with E-state index < -0.39 is 6.10 Å². The minimum atomic E-state index is -0.757.